The number of rotatable bonds is 3. The molecule has 4 heteroatoms. The maximum absolute atomic E-state index is 4.45. The summed E-state index contributed by atoms with van der Waals surface area (Å²) in [7, 11) is 2.17. The highest BCUT2D eigenvalue weighted by Crippen LogP contribution is 2.23. The SMILES string of the molecule is Cc1cccc(-c2nnc(N[C@@H]3CCCN(C)C3)cc2C)c1. The number of piperidine rings is 1. The number of nitrogens with zero attached hydrogens (tertiary/aromatic N) is 3. The Morgan fingerprint density at radius 2 is 2.05 bits per heavy atom. The molecule has 2 heterocycles. The number of hydrogen-bond acceptors (Lipinski definition) is 4. The van der Waals surface area contributed by atoms with E-state index < -0.39 is 0 Å². The predicted octanol–water partition coefficient (Wildman–Crippen LogP) is 3.27. The van der Waals surface area contributed by atoms with Gasteiger partial charge in [0.25, 0.3) is 0 Å². The first kappa shape index (κ1) is 15.0. The van der Waals surface area contributed by atoms with Crippen LogP contribution in [-0.4, -0.2) is 41.3 Å². The number of likely N-dealkylation sites (N-methyl/N-ethyl adjacent to an activating group) is 1. The topological polar surface area (TPSA) is 41.1 Å². The molecule has 1 aromatic heterocycles. The number of aromatic nitrogens is 2. The van der Waals surface area contributed by atoms with Crippen LogP contribution in [0.5, 0.6) is 0 Å². The molecule has 0 amide bonds. The van der Waals surface area contributed by atoms with Gasteiger partial charge in [-0.25, -0.2) is 0 Å². The molecule has 0 bridgehead atoms. The Hall–Kier alpha value is -1.94. The number of likely N-dealkylation sites (tertiary alicyclic amines) is 1. The highest BCUT2D eigenvalue weighted by atomic mass is 15.2. The van der Waals surface area contributed by atoms with Crippen molar-refractivity contribution in [2.45, 2.75) is 32.7 Å². The van der Waals surface area contributed by atoms with E-state index in [0.29, 0.717) is 6.04 Å². The highest BCUT2D eigenvalue weighted by Gasteiger charge is 2.17. The summed E-state index contributed by atoms with van der Waals surface area (Å²) in [6.07, 6.45) is 2.44. The Morgan fingerprint density at radius 3 is 2.77 bits per heavy atom. The summed E-state index contributed by atoms with van der Waals surface area (Å²) >= 11 is 0. The van der Waals surface area contributed by atoms with Crippen molar-refractivity contribution in [1.29, 1.82) is 0 Å². The fourth-order valence-electron chi connectivity index (χ4n) is 3.13. The lowest BCUT2D eigenvalue weighted by molar-refractivity contribution is 0.260. The molecule has 22 heavy (non-hydrogen) atoms. The molecular formula is C18H24N4. The monoisotopic (exact) mass is 296 g/mol. The first-order valence-electron chi connectivity index (χ1n) is 7.98. The van der Waals surface area contributed by atoms with Crippen molar-refractivity contribution in [3.8, 4) is 11.3 Å². The van der Waals surface area contributed by atoms with E-state index in [9.17, 15) is 0 Å². The Kier molecular flexibility index (Phi) is 4.39. The summed E-state index contributed by atoms with van der Waals surface area (Å²) < 4.78 is 0. The third-order valence-corrected chi connectivity index (χ3v) is 4.25. The predicted molar refractivity (Wildman–Crippen MR) is 91.1 cm³/mol. The van der Waals surface area contributed by atoms with Gasteiger partial charge in [0.1, 0.15) is 5.82 Å². The van der Waals surface area contributed by atoms with Crippen LogP contribution in [0.3, 0.4) is 0 Å². The van der Waals surface area contributed by atoms with Crippen molar-refractivity contribution in [2.75, 3.05) is 25.5 Å². The molecule has 1 aliphatic heterocycles. The van der Waals surface area contributed by atoms with Gasteiger partial charge in [-0.3, -0.25) is 0 Å². The quantitative estimate of drug-likeness (QED) is 0.944. The molecule has 0 aliphatic carbocycles. The van der Waals surface area contributed by atoms with Crippen molar-refractivity contribution < 1.29 is 0 Å². The van der Waals surface area contributed by atoms with E-state index in [2.05, 4.69) is 71.6 Å². The second-order valence-electron chi connectivity index (χ2n) is 6.38. The van der Waals surface area contributed by atoms with Crippen molar-refractivity contribution >= 4 is 5.82 Å². The zero-order chi connectivity index (χ0) is 15.5. The molecule has 0 saturated carbocycles. The lowest BCUT2D eigenvalue weighted by atomic mass is 10.0. The van der Waals surface area contributed by atoms with Crippen LogP contribution in [-0.2, 0) is 0 Å². The largest absolute Gasteiger partial charge is 0.365 e. The summed E-state index contributed by atoms with van der Waals surface area (Å²) in [6, 6.07) is 11.0. The second kappa shape index (κ2) is 6.44. The standard InChI is InChI=1S/C18H24N4/c1-13-6-4-7-15(10-13)18-14(2)11-17(20-21-18)19-16-8-5-9-22(3)12-16/h4,6-7,10-11,16H,5,8-9,12H2,1-3H3,(H,19,20)/t16-/m1/s1. The minimum absolute atomic E-state index is 0.470. The van der Waals surface area contributed by atoms with E-state index in [4.69, 9.17) is 0 Å². The lowest BCUT2D eigenvalue weighted by Gasteiger charge is -2.30. The van der Waals surface area contributed by atoms with Gasteiger partial charge in [0, 0.05) is 18.2 Å². The Morgan fingerprint density at radius 1 is 1.18 bits per heavy atom. The van der Waals surface area contributed by atoms with E-state index in [1.807, 2.05) is 0 Å². The van der Waals surface area contributed by atoms with Gasteiger partial charge in [-0.2, -0.15) is 0 Å². The fourth-order valence-corrected chi connectivity index (χ4v) is 3.13. The van der Waals surface area contributed by atoms with Crippen LogP contribution in [0.2, 0.25) is 0 Å². The van der Waals surface area contributed by atoms with Crippen LogP contribution in [0.1, 0.15) is 24.0 Å². The summed E-state index contributed by atoms with van der Waals surface area (Å²) in [5, 5.41) is 12.4. The van der Waals surface area contributed by atoms with Crippen LogP contribution >= 0.6 is 0 Å². The molecule has 1 aliphatic rings. The van der Waals surface area contributed by atoms with Gasteiger partial charge < -0.3 is 10.2 Å². The first-order chi connectivity index (χ1) is 10.6. The second-order valence-corrected chi connectivity index (χ2v) is 6.38. The van der Waals surface area contributed by atoms with Crippen LogP contribution in [0, 0.1) is 13.8 Å². The Labute approximate surface area is 132 Å². The number of hydrogen-bond donors (Lipinski definition) is 1. The lowest BCUT2D eigenvalue weighted by Crippen LogP contribution is -2.39. The van der Waals surface area contributed by atoms with E-state index in [-0.39, 0.29) is 0 Å². The van der Waals surface area contributed by atoms with E-state index in [1.165, 1.54) is 24.9 Å². The van der Waals surface area contributed by atoms with Crippen molar-refractivity contribution in [3.63, 3.8) is 0 Å². The third-order valence-electron chi connectivity index (χ3n) is 4.25. The van der Waals surface area contributed by atoms with Gasteiger partial charge in [-0.15, -0.1) is 10.2 Å². The summed E-state index contributed by atoms with van der Waals surface area (Å²) in [5.41, 5.74) is 4.50. The smallest absolute Gasteiger partial charge is 0.149 e. The zero-order valence-corrected chi connectivity index (χ0v) is 13.6. The summed E-state index contributed by atoms with van der Waals surface area (Å²) in [5.74, 6) is 0.884. The van der Waals surface area contributed by atoms with Gasteiger partial charge in [-0.05, 0) is 58.0 Å². The molecule has 1 fully saturated rings. The maximum Gasteiger partial charge on any atom is 0.149 e. The molecule has 2 aromatic rings. The van der Waals surface area contributed by atoms with Crippen molar-refractivity contribution in [2.24, 2.45) is 0 Å². The minimum atomic E-state index is 0.470. The molecule has 1 saturated heterocycles. The molecule has 0 spiro atoms. The van der Waals surface area contributed by atoms with Gasteiger partial charge in [0.2, 0.25) is 0 Å². The number of aryl methyl sites for hydroxylation is 2. The third kappa shape index (κ3) is 3.45. The first-order valence-corrected chi connectivity index (χ1v) is 7.98. The van der Waals surface area contributed by atoms with Crippen molar-refractivity contribution in [3.05, 3.63) is 41.5 Å². The van der Waals surface area contributed by atoms with Gasteiger partial charge in [-0.1, -0.05) is 23.8 Å². The number of benzene rings is 1. The molecule has 0 radical (unpaired) electrons. The fraction of sp³-hybridized carbons (Fsp3) is 0.444. The molecule has 1 aromatic carbocycles. The van der Waals surface area contributed by atoms with E-state index >= 15 is 0 Å². The average Bonchev–Trinajstić information content (AvgIpc) is 2.47. The molecular weight excluding hydrogens is 272 g/mol. The average molecular weight is 296 g/mol. The normalized spacial score (nSPS) is 19.1. The van der Waals surface area contributed by atoms with Crippen LogP contribution in [0.4, 0.5) is 5.82 Å². The van der Waals surface area contributed by atoms with Crippen molar-refractivity contribution in [1.82, 2.24) is 15.1 Å². The summed E-state index contributed by atoms with van der Waals surface area (Å²) in [6.45, 7) is 6.46. The summed E-state index contributed by atoms with van der Waals surface area (Å²) in [4.78, 5) is 2.36. The van der Waals surface area contributed by atoms with Crippen LogP contribution in [0.15, 0.2) is 30.3 Å². The minimum Gasteiger partial charge on any atom is -0.365 e. The highest BCUT2D eigenvalue weighted by molar-refractivity contribution is 5.64. The molecule has 116 valence electrons. The van der Waals surface area contributed by atoms with E-state index in [0.717, 1.165) is 29.2 Å². The molecule has 1 N–H and O–H groups in total. The van der Waals surface area contributed by atoms with Gasteiger partial charge in [0.15, 0.2) is 0 Å². The number of nitrogens with one attached hydrogen (secondary N) is 1. The molecule has 3 rings (SSSR count). The van der Waals surface area contributed by atoms with Gasteiger partial charge in [0.05, 0.1) is 5.69 Å². The molecule has 1 atom stereocenters. The van der Waals surface area contributed by atoms with E-state index in [1.54, 1.807) is 0 Å². The Balaban J connectivity index is 1.77. The number of anilines is 1. The Bertz CT molecular complexity index is 653. The maximum atomic E-state index is 4.45. The molecule has 0 unspecified atom stereocenters. The molecule has 4 nitrogen and oxygen atoms in total. The van der Waals surface area contributed by atoms with Crippen LogP contribution in [0.25, 0.3) is 11.3 Å². The zero-order valence-electron chi connectivity index (χ0n) is 13.6. The van der Waals surface area contributed by atoms with Crippen LogP contribution < -0.4 is 5.32 Å². The van der Waals surface area contributed by atoms with Gasteiger partial charge >= 0.3 is 0 Å².